The fourth-order valence-corrected chi connectivity index (χ4v) is 3.66. The average Bonchev–Trinajstić information content (AvgIpc) is 2.79. The van der Waals surface area contributed by atoms with Crippen molar-refractivity contribution in [2.24, 2.45) is 0 Å². The molecule has 0 fully saturated rings. The van der Waals surface area contributed by atoms with E-state index in [9.17, 15) is 0 Å². The lowest BCUT2D eigenvalue weighted by atomic mass is 9.77. The van der Waals surface area contributed by atoms with Crippen LogP contribution in [0, 0.1) is 0 Å². The number of hydrogen-bond donors (Lipinski definition) is 2. The molecule has 0 spiro atoms. The summed E-state index contributed by atoms with van der Waals surface area (Å²) in [6, 6.07) is 42.2. The highest BCUT2D eigenvalue weighted by atomic mass is 15.4. The first-order valence-electron chi connectivity index (χ1n) is 9.60. The second kappa shape index (κ2) is 8.66. The smallest absolute Gasteiger partial charge is 0.107 e. The molecule has 4 rings (SSSR count). The molecule has 0 aliphatic heterocycles. The largest absolute Gasteiger partial charge is 0.252 e. The van der Waals surface area contributed by atoms with Crippen molar-refractivity contribution in [3.05, 3.63) is 144 Å². The van der Waals surface area contributed by atoms with Crippen LogP contribution < -0.4 is 10.9 Å². The van der Waals surface area contributed by atoms with E-state index in [-0.39, 0.29) is 0 Å². The highest BCUT2D eigenvalue weighted by molar-refractivity contribution is 5.49. The van der Waals surface area contributed by atoms with Crippen LogP contribution in [0.2, 0.25) is 0 Å². The van der Waals surface area contributed by atoms with E-state index in [4.69, 9.17) is 0 Å². The SMILES string of the molecule is c1ccc(CNNC(c2ccccc2)(c2ccccc2)c2ccccc2)cc1. The van der Waals surface area contributed by atoms with E-state index in [1.807, 2.05) is 6.07 Å². The Labute approximate surface area is 166 Å². The molecule has 4 aromatic carbocycles. The molecule has 0 aliphatic rings. The average molecular weight is 364 g/mol. The Morgan fingerprint density at radius 1 is 0.464 bits per heavy atom. The third-order valence-corrected chi connectivity index (χ3v) is 5.03. The topological polar surface area (TPSA) is 24.1 Å². The summed E-state index contributed by atoms with van der Waals surface area (Å²) in [5.74, 6) is 0. The van der Waals surface area contributed by atoms with E-state index in [0.717, 1.165) is 6.54 Å². The maximum atomic E-state index is 3.68. The van der Waals surface area contributed by atoms with Gasteiger partial charge in [-0.05, 0) is 22.3 Å². The Bertz CT molecular complexity index is 871. The zero-order chi connectivity index (χ0) is 19.1. The van der Waals surface area contributed by atoms with Crippen molar-refractivity contribution in [2.45, 2.75) is 12.1 Å². The molecule has 2 nitrogen and oxygen atoms in total. The van der Waals surface area contributed by atoms with Gasteiger partial charge in [-0.3, -0.25) is 5.43 Å². The quantitative estimate of drug-likeness (QED) is 0.345. The van der Waals surface area contributed by atoms with Gasteiger partial charge in [0.05, 0.1) is 0 Å². The molecule has 0 saturated carbocycles. The summed E-state index contributed by atoms with van der Waals surface area (Å²) >= 11 is 0. The lowest BCUT2D eigenvalue weighted by molar-refractivity contribution is 0.389. The molecule has 2 N–H and O–H groups in total. The molecule has 0 aromatic heterocycles. The molecule has 2 heteroatoms. The number of benzene rings is 4. The zero-order valence-electron chi connectivity index (χ0n) is 15.8. The monoisotopic (exact) mass is 364 g/mol. The third-order valence-electron chi connectivity index (χ3n) is 5.03. The van der Waals surface area contributed by atoms with Gasteiger partial charge in [-0.25, -0.2) is 5.43 Å². The van der Waals surface area contributed by atoms with Crippen LogP contribution >= 0.6 is 0 Å². The molecule has 0 amide bonds. The van der Waals surface area contributed by atoms with Gasteiger partial charge in [-0.1, -0.05) is 121 Å². The highest BCUT2D eigenvalue weighted by Crippen LogP contribution is 2.36. The molecule has 4 aromatic rings. The molecule has 0 saturated heterocycles. The van der Waals surface area contributed by atoms with Crippen LogP contribution in [-0.4, -0.2) is 0 Å². The minimum absolute atomic E-state index is 0.501. The molecule has 0 heterocycles. The van der Waals surface area contributed by atoms with Gasteiger partial charge in [0.25, 0.3) is 0 Å². The molecule has 0 unspecified atom stereocenters. The molecule has 0 atom stereocenters. The first kappa shape index (κ1) is 18.2. The Kier molecular flexibility index (Phi) is 5.62. The van der Waals surface area contributed by atoms with Gasteiger partial charge in [-0.15, -0.1) is 0 Å². The van der Waals surface area contributed by atoms with Gasteiger partial charge < -0.3 is 0 Å². The molecular weight excluding hydrogens is 340 g/mol. The second-order valence-corrected chi connectivity index (χ2v) is 6.81. The van der Waals surface area contributed by atoms with Crippen molar-refractivity contribution in [3.63, 3.8) is 0 Å². The van der Waals surface area contributed by atoms with Crippen molar-refractivity contribution in [2.75, 3.05) is 0 Å². The lowest BCUT2D eigenvalue weighted by Crippen LogP contribution is -2.51. The first-order chi connectivity index (χ1) is 13.9. The van der Waals surface area contributed by atoms with Gasteiger partial charge in [-0.2, -0.15) is 0 Å². The van der Waals surface area contributed by atoms with Crippen LogP contribution in [0.1, 0.15) is 22.3 Å². The maximum Gasteiger partial charge on any atom is 0.107 e. The maximum absolute atomic E-state index is 3.68. The van der Waals surface area contributed by atoms with E-state index in [2.05, 4.69) is 126 Å². The van der Waals surface area contributed by atoms with Gasteiger partial charge in [0, 0.05) is 6.54 Å². The van der Waals surface area contributed by atoms with Crippen molar-refractivity contribution in [3.8, 4) is 0 Å². The standard InChI is InChI=1S/C26H24N2/c1-5-13-22(14-6-1)21-27-28-26(23-15-7-2-8-16-23,24-17-9-3-10-18-24)25-19-11-4-12-20-25/h1-20,27-28H,21H2. The minimum atomic E-state index is -0.501. The Morgan fingerprint density at radius 2 is 0.821 bits per heavy atom. The first-order valence-corrected chi connectivity index (χ1v) is 9.60. The van der Waals surface area contributed by atoms with Crippen LogP contribution in [0.15, 0.2) is 121 Å². The summed E-state index contributed by atoms with van der Waals surface area (Å²) in [6.07, 6.45) is 0. The fourth-order valence-electron chi connectivity index (χ4n) is 3.66. The van der Waals surface area contributed by atoms with Crippen molar-refractivity contribution in [1.82, 2.24) is 10.9 Å². The predicted molar refractivity (Wildman–Crippen MR) is 116 cm³/mol. The number of rotatable bonds is 7. The second-order valence-electron chi connectivity index (χ2n) is 6.81. The van der Waals surface area contributed by atoms with Crippen molar-refractivity contribution >= 4 is 0 Å². The van der Waals surface area contributed by atoms with E-state index in [0.29, 0.717) is 0 Å². The predicted octanol–water partition coefficient (Wildman–Crippen LogP) is 5.27. The summed E-state index contributed by atoms with van der Waals surface area (Å²) < 4.78 is 0. The van der Waals surface area contributed by atoms with Crippen LogP contribution in [0.4, 0.5) is 0 Å². The van der Waals surface area contributed by atoms with Crippen LogP contribution in [0.5, 0.6) is 0 Å². The summed E-state index contributed by atoms with van der Waals surface area (Å²) in [5.41, 5.74) is 11.5. The van der Waals surface area contributed by atoms with Gasteiger partial charge in [0.1, 0.15) is 5.54 Å². The van der Waals surface area contributed by atoms with Crippen molar-refractivity contribution in [1.29, 1.82) is 0 Å². The number of hydrazine groups is 1. The zero-order valence-corrected chi connectivity index (χ0v) is 15.8. The van der Waals surface area contributed by atoms with Gasteiger partial charge in [0.15, 0.2) is 0 Å². The number of hydrogen-bond acceptors (Lipinski definition) is 2. The molecule has 0 aliphatic carbocycles. The Balaban J connectivity index is 1.79. The van der Waals surface area contributed by atoms with Crippen LogP contribution in [0.25, 0.3) is 0 Å². The Morgan fingerprint density at radius 3 is 1.21 bits per heavy atom. The van der Waals surface area contributed by atoms with E-state index in [1.54, 1.807) is 0 Å². The van der Waals surface area contributed by atoms with E-state index in [1.165, 1.54) is 22.3 Å². The summed E-state index contributed by atoms with van der Waals surface area (Å²) in [7, 11) is 0. The Hall–Kier alpha value is -3.20. The third kappa shape index (κ3) is 3.74. The lowest BCUT2D eigenvalue weighted by Gasteiger charge is -2.37. The van der Waals surface area contributed by atoms with E-state index >= 15 is 0 Å². The summed E-state index contributed by atoms with van der Waals surface area (Å²) in [6.45, 7) is 0.731. The molecule has 0 radical (unpaired) electrons. The summed E-state index contributed by atoms with van der Waals surface area (Å²) in [4.78, 5) is 0. The minimum Gasteiger partial charge on any atom is -0.252 e. The molecular formula is C26H24N2. The van der Waals surface area contributed by atoms with Crippen molar-refractivity contribution < 1.29 is 0 Å². The van der Waals surface area contributed by atoms with Crippen LogP contribution in [0.3, 0.4) is 0 Å². The molecule has 138 valence electrons. The molecule has 0 bridgehead atoms. The fraction of sp³-hybridized carbons (Fsp3) is 0.0769. The highest BCUT2D eigenvalue weighted by Gasteiger charge is 2.35. The van der Waals surface area contributed by atoms with Gasteiger partial charge in [0.2, 0.25) is 0 Å². The summed E-state index contributed by atoms with van der Waals surface area (Å²) in [5, 5.41) is 0. The normalized spacial score (nSPS) is 11.3. The van der Waals surface area contributed by atoms with Crippen LogP contribution in [-0.2, 0) is 12.1 Å². The molecule has 28 heavy (non-hydrogen) atoms. The van der Waals surface area contributed by atoms with E-state index < -0.39 is 5.54 Å². The van der Waals surface area contributed by atoms with Gasteiger partial charge >= 0.3 is 0 Å². The number of nitrogens with one attached hydrogen (secondary N) is 2.